The van der Waals surface area contributed by atoms with E-state index in [9.17, 15) is 18.3 Å². The highest BCUT2D eigenvalue weighted by molar-refractivity contribution is 6.42. The number of aliphatic hydroxyl groups is 1. The van der Waals surface area contributed by atoms with Gasteiger partial charge in [-0.2, -0.15) is 13.2 Å². The summed E-state index contributed by atoms with van der Waals surface area (Å²) in [5, 5.41) is 9.38. The van der Waals surface area contributed by atoms with Crippen LogP contribution >= 0.6 is 23.2 Å². The van der Waals surface area contributed by atoms with E-state index in [4.69, 9.17) is 28.9 Å². The summed E-state index contributed by atoms with van der Waals surface area (Å²) in [6.07, 6.45) is -4.95. The zero-order valence-electron chi connectivity index (χ0n) is 8.72. The number of halogens is 5. The van der Waals surface area contributed by atoms with Gasteiger partial charge in [-0.1, -0.05) is 35.3 Å². The van der Waals surface area contributed by atoms with Crippen LogP contribution in [0.4, 0.5) is 13.2 Å². The normalized spacial score (nSPS) is 17.6. The molecule has 0 radical (unpaired) electrons. The highest BCUT2D eigenvalue weighted by Crippen LogP contribution is 2.44. The van der Waals surface area contributed by atoms with Crippen LogP contribution in [0.25, 0.3) is 0 Å². The zero-order valence-corrected chi connectivity index (χ0v) is 10.2. The molecule has 0 saturated heterocycles. The van der Waals surface area contributed by atoms with Crippen molar-refractivity contribution in [1.82, 2.24) is 0 Å². The average Bonchev–Trinajstić information content (AvgIpc) is 2.19. The Morgan fingerprint density at radius 1 is 1.29 bits per heavy atom. The maximum Gasteiger partial charge on any atom is 0.423 e. The van der Waals surface area contributed by atoms with Crippen molar-refractivity contribution in [3.8, 4) is 0 Å². The molecule has 0 spiro atoms. The topological polar surface area (TPSA) is 46.2 Å². The Hall–Kier alpha value is -0.490. The smallest absolute Gasteiger partial charge is 0.375 e. The fourth-order valence-corrected chi connectivity index (χ4v) is 1.90. The SMILES string of the molecule is CC(N)C(O)(c1cccc(Cl)c1Cl)C(F)(F)F. The minimum atomic E-state index is -4.95. The number of hydrogen-bond donors (Lipinski definition) is 2. The average molecular weight is 288 g/mol. The minimum Gasteiger partial charge on any atom is -0.375 e. The van der Waals surface area contributed by atoms with Gasteiger partial charge in [0, 0.05) is 11.6 Å². The molecule has 0 aliphatic heterocycles. The van der Waals surface area contributed by atoms with Crippen LogP contribution in [0.5, 0.6) is 0 Å². The van der Waals surface area contributed by atoms with Crippen LogP contribution in [0.15, 0.2) is 18.2 Å². The summed E-state index contributed by atoms with van der Waals surface area (Å²) in [5.74, 6) is 0. The molecule has 3 N–H and O–H groups in total. The molecule has 0 saturated carbocycles. The molecule has 0 heterocycles. The van der Waals surface area contributed by atoms with Gasteiger partial charge < -0.3 is 10.8 Å². The van der Waals surface area contributed by atoms with Gasteiger partial charge in [-0.3, -0.25) is 0 Å². The molecular formula is C10H10Cl2F3NO. The molecule has 0 fully saturated rings. The van der Waals surface area contributed by atoms with Crippen LogP contribution in [0.1, 0.15) is 12.5 Å². The molecule has 0 amide bonds. The van der Waals surface area contributed by atoms with E-state index in [0.717, 1.165) is 13.0 Å². The molecule has 1 aromatic rings. The predicted octanol–water partition coefficient (Wildman–Crippen LogP) is 3.09. The minimum absolute atomic E-state index is 0.0764. The maximum atomic E-state index is 12.9. The van der Waals surface area contributed by atoms with E-state index in [-0.39, 0.29) is 10.0 Å². The lowest BCUT2D eigenvalue weighted by Crippen LogP contribution is -2.54. The van der Waals surface area contributed by atoms with Gasteiger partial charge in [0.05, 0.1) is 10.0 Å². The molecule has 7 heteroatoms. The summed E-state index contributed by atoms with van der Waals surface area (Å²) < 4.78 is 38.8. The molecule has 0 aromatic heterocycles. The first-order valence-corrected chi connectivity index (χ1v) is 5.37. The third-order valence-corrected chi connectivity index (χ3v) is 3.27. The molecule has 2 unspecified atom stereocenters. The van der Waals surface area contributed by atoms with Crippen molar-refractivity contribution in [2.45, 2.75) is 24.7 Å². The van der Waals surface area contributed by atoms with Crippen LogP contribution in [0.3, 0.4) is 0 Å². The first-order valence-electron chi connectivity index (χ1n) is 4.61. The van der Waals surface area contributed by atoms with Crippen LogP contribution < -0.4 is 5.73 Å². The second-order valence-electron chi connectivity index (χ2n) is 3.65. The van der Waals surface area contributed by atoms with Gasteiger partial charge in [0.15, 0.2) is 0 Å². The molecule has 0 aliphatic carbocycles. The molecule has 96 valence electrons. The molecule has 1 rings (SSSR count). The Morgan fingerprint density at radius 3 is 2.24 bits per heavy atom. The van der Waals surface area contributed by atoms with Gasteiger partial charge in [0.1, 0.15) is 0 Å². The zero-order chi connectivity index (χ0) is 13.4. The van der Waals surface area contributed by atoms with Crippen molar-refractivity contribution in [2.75, 3.05) is 0 Å². The van der Waals surface area contributed by atoms with E-state index < -0.39 is 23.4 Å². The summed E-state index contributed by atoms with van der Waals surface area (Å²) in [6, 6.07) is 2.05. The summed E-state index contributed by atoms with van der Waals surface area (Å²) in [5.41, 5.74) is 1.46. The van der Waals surface area contributed by atoms with E-state index >= 15 is 0 Å². The summed E-state index contributed by atoms with van der Waals surface area (Å²) in [7, 11) is 0. The van der Waals surface area contributed by atoms with E-state index in [1.165, 1.54) is 12.1 Å². The Kier molecular flexibility index (Phi) is 3.98. The monoisotopic (exact) mass is 287 g/mol. The van der Waals surface area contributed by atoms with E-state index in [2.05, 4.69) is 0 Å². The van der Waals surface area contributed by atoms with Gasteiger partial charge in [0.25, 0.3) is 0 Å². The fraction of sp³-hybridized carbons (Fsp3) is 0.400. The van der Waals surface area contributed by atoms with Gasteiger partial charge >= 0.3 is 6.18 Å². The molecule has 0 aliphatic rings. The third kappa shape index (κ3) is 2.38. The Labute approximate surface area is 106 Å². The molecule has 2 atom stereocenters. The van der Waals surface area contributed by atoms with Crippen molar-refractivity contribution < 1.29 is 18.3 Å². The number of alkyl halides is 3. The van der Waals surface area contributed by atoms with Gasteiger partial charge in [0.2, 0.25) is 5.60 Å². The highest BCUT2D eigenvalue weighted by Gasteiger charge is 2.58. The van der Waals surface area contributed by atoms with Crippen LogP contribution in [0.2, 0.25) is 10.0 Å². The third-order valence-electron chi connectivity index (χ3n) is 2.45. The highest BCUT2D eigenvalue weighted by atomic mass is 35.5. The van der Waals surface area contributed by atoms with Crippen LogP contribution in [-0.4, -0.2) is 17.3 Å². The van der Waals surface area contributed by atoms with E-state index in [1.807, 2.05) is 0 Å². The Balaban J connectivity index is 3.50. The summed E-state index contributed by atoms with van der Waals surface area (Å²) in [6.45, 7) is 1.05. The quantitative estimate of drug-likeness (QED) is 0.878. The van der Waals surface area contributed by atoms with Gasteiger partial charge in [-0.05, 0) is 13.0 Å². The van der Waals surface area contributed by atoms with Crippen molar-refractivity contribution in [3.63, 3.8) is 0 Å². The van der Waals surface area contributed by atoms with Crippen LogP contribution in [0, 0.1) is 0 Å². The predicted molar refractivity (Wildman–Crippen MR) is 60.1 cm³/mol. The number of nitrogens with two attached hydrogens (primary N) is 1. The second-order valence-corrected chi connectivity index (χ2v) is 4.44. The van der Waals surface area contributed by atoms with Gasteiger partial charge in [-0.25, -0.2) is 0 Å². The largest absolute Gasteiger partial charge is 0.423 e. The first-order chi connectivity index (χ1) is 7.62. The standard InChI is InChI=1S/C10H10Cl2F3NO/c1-5(16)9(17,10(13,14)15)6-3-2-4-7(11)8(6)12/h2-5,17H,16H2,1H3. The summed E-state index contributed by atoms with van der Waals surface area (Å²) >= 11 is 11.3. The first kappa shape index (κ1) is 14.6. The van der Waals surface area contributed by atoms with Crippen molar-refractivity contribution in [3.05, 3.63) is 33.8 Å². The molecule has 1 aromatic carbocycles. The van der Waals surface area contributed by atoms with Crippen molar-refractivity contribution >= 4 is 23.2 Å². The Morgan fingerprint density at radius 2 is 1.82 bits per heavy atom. The number of rotatable bonds is 2. The lowest BCUT2D eigenvalue weighted by atomic mass is 9.87. The number of benzene rings is 1. The van der Waals surface area contributed by atoms with Gasteiger partial charge in [-0.15, -0.1) is 0 Å². The van der Waals surface area contributed by atoms with E-state index in [0.29, 0.717) is 0 Å². The molecule has 0 bridgehead atoms. The van der Waals surface area contributed by atoms with Crippen molar-refractivity contribution in [2.24, 2.45) is 5.73 Å². The number of hydrogen-bond acceptors (Lipinski definition) is 2. The second kappa shape index (κ2) is 4.65. The molecular weight excluding hydrogens is 278 g/mol. The molecule has 17 heavy (non-hydrogen) atoms. The fourth-order valence-electron chi connectivity index (χ4n) is 1.45. The Bertz CT molecular complexity index is 423. The van der Waals surface area contributed by atoms with Crippen molar-refractivity contribution in [1.29, 1.82) is 0 Å². The maximum absolute atomic E-state index is 12.9. The summed E-state index contributed by atoms with van der Waals surface area (Å²) in [4.78, 5) is 0. The van der Waals surface area contributed by atoms with E-state index in [1.54, 1.807) is 0 Å². The lowest BCUT2D eigenvalue weighted by molar-refractivity contribution is -0.272. The molecule has 2 nitrogen and oxygen atoms in total. The van der Waals surface area contributed by atoms with Crippen LogP contribution in [-0.2, 0) is 5.60 Å². The lowest BCUT2D eigenvalue weighted by Gasteiger charge is -2.35.